The molecule has 23 heavy (non-hydrogen) atoms. The van der Waals surface area contributed by atoms with Gasteiger partial charge in [-0.1, -0.05) is 12.8 Å². The molecule has 1 amide bonds. The molecule has 5 nitrogen and oxygen atoms in total. The minimum atomic E-state index is -0.778. The molecule has 3 saturated carbocycles. The summed E-state index contributed by atoms with van der Waals surface area (Å²) in [6, 6.07) is 2.37. The highest BCUT2D eigenvalue weighted by atomic mass is 16.6. The van der Waals surface area contributed by atoms with Crippen molar-refractivity contribution in [2.24, 2.45) is 10.8 Å². The molecule has 5 heteroatoms. The van der Waals surface area contributed by atoms with E-state index in [4.69, 9.17) is 9.47 Å². The molecular formula is C18H26N2O3. The average Bonchev–Trinajstić information content (AvgIpc) is 2.96. The Morgan fingerprint density at radius 3 is 2.74 bits per heavy atom. The molecule has 0 aromatic rings. The molecule has 1 heterocycles. The van der Waals surface area contributed by atoms with Crippen molar-refractivity contribution in [2.75, 3.05) is 13.2 Å². The van der Waals surface area contributed by atoms with Crippen LogP contribution in [0, 0.1) is 22.2 Å². The Morgan fingerprint density at radius 2 is 2.13 bits per heavy atom. The number of amides is 1. The van der Waals surface area contributed by atoms with E-state index in [0.29, 0.717) is 6.61 Å². The Hall–Kier alpha value is -1.12. The van der Waals surface area contributed by atoms with E-state index in [9.17, 15) is 10.1 Å². The van der Waals surface area contributed by atoms with Gasteiger partial charge in [-0.25, -0.2) is 0 Å². The highest BCUT2D eigenvalue weighted by Gasteiger charge is 2.73. The van der Waals surface area contributed by atoms with Gasteiger partial charge >= 0.3 is 0 Å². The molecule has 4 rings (SSSR count). The lowest BCUT2D eigenvalue weighted by Crippen LogP contribution is -2.70. The predicted molar refractivity (Wildman–Crippen MR) is 83.4 cm³/mol. The van der Waals surface area contributed by atoms with Gasteiger partial charge in [0.2, 0.25) is 5.91 Å². The first-order chi connectivity index (χ1) is 11.1. The SMILES string of the molecule is CCO[C@@H]1C[C@H](NC(=O)[C@]2(C#N)CC23CCCC3)[C@@]12CCCO2. The first-order valence-electron chi connectivity index (χ1n) is 9.10. The summed E-state index contributed by atoms with van der Waals surface area (Å²) >= 11 is 0. The fourth-order valence-electron chi connectivity index (χ4n) is 5.41. The molecule has 0 aromatic heterocycles. The van der Waals surface area contributed by atoms with Crippen LogP contribution >= 0.6 is 0 Å². The summed E-state index contributed by atoms with van der Waals surface area (Å²) in [5, 5.41) is 12.9. The van der Waals surface area contributed by atoms with Gasteiger partial charge in [-0.2, -0.15) is 5.26 Å². The van der Waals surface area contributed by atoms with Crippen LogP contribution in [0.25, 0.3) is 0 Å². The molecular weight excluding hydrogens is 292 g/mol. The molecule has 1 N–H and O–H groups in total. The zero-order chi connectivity index (χ0) is 16.1. The number of carbonyl (C=O) groups excluding carboxylic acids is 1. The van der Waals surface area contributed by atoms with E-state index in [2.05, 4.69) is 11.4 Å². The minimum Gasteiger partial charge on any atom is -0.375 e. The molecule has 0 bridgehead atoms. The number of nitrogens with one attached hydrogen (secondary N) is 1. The fourth-order valence-corrected chi connectivity index (χ4v) is 5.41. The van der Waals surface area contributed by atoms with Crippen molar-refractivity contribution in [3.63, 3.8) is 0 Å². The Kier molecular flexibility index (Phi) is 3.48. The van der Waals surface area contributed by atoms with E-state index in [-0.39, 0.29) is 29.1 Å². The summed E-state index contributed by atoms with van der Waals surface area (Å²) in [6.45, 7) is 3.40. The van der Waals surface area contributed by atoms with E-state index >= 15 is 0 Å². The Bertz CT molecular complexity index is 543. The monoisotopic (exact) mass is 318 g/mol. The third-order valence-corrected chi connectivity index (χ3v) is 6.86. The van der Waals surface area contributed by atoms with Crippen molar-refractivity contribution >= 4 is 5.91 Å². The van der Waals surface area contributed by atoms with Crippen LogP contribution in [-0.2, 0) is 14.3 Å². The van der Waals surface area contributed by atoms with E-state index < -0.39 is 5.41 Å². The summed E-state index contributed by atoms with van der Waals surface area (Å²) in [4.78, 5) is 12.9. The van der Waals surface area contributed by atoms with Gasteiger partial charge in [0, 0.05) is 18.6 Å². The predicted octanol–water partition coefficient (Wildman–Crippen LogP) is 2.30. The lowest BCUT2D eigenvalue weighted by Gasteiger charge is -2.52. The number of hydrogen-bond donors (Lipinski definition) is 1. The first kappa shape index (κ1) is 15.4. The fraction of sp³-hybridized carbons (Fsp3) is 0.889. The van der Waals surface area contributed by atoms with Gasteiger partial charge in [-0.05, 0) is 45.4 Å². The van der Waals surface area contributed by atoms with Crippen molar-refractivity contribution in [1.29, 1.82) is 5.26 Å². The molecule has 126 valence electrons. The molecule has 0 aromatic carbocycles. The van der Waals surface area contributed by atoms with Crippen LogP contribution in [0.1, 0.15) is 58.3 Å². The topological polar surface area (TPSA) is 71.3 Å². The molecule has 1 saturated heterocycles. The summed E-state index contributed by atoms with van der Waals surface area (Å²) in [6.07, 6.45) is 7.95. The van der Waals surface area contributed by atoms with Gasteiger partial charge < -0.3 is 14.8 Å². The van der Waals surface area contributed by atoms with Crippen LogP contribution < -0.4 is 5.32 Å². The summed E-state index contributed by atoms with van der Waals surface area (Å²) in [5.74, 6) is -0.0586. The van der Waals surface area contributed by atoms with E-state index in [0.717, 1.165) is 58.0 Å². The van der Waals surface area contributed by atoms with Crippen molar-refractivity contribution in [3.8, 4) is 6.07 Å². The number of nitriles is 1. The average molecular weight is 318 g/mol. The molecule has 4 aliphatic rings. The standard InChI is InChI=1S/C18H26N2O3/c1-2-22-14-10-13(18(14)8-5-9-23-18)20-15(21)17(12-19)11-16(17)6-3-4-7-16/h13-14H,2-11H2,1H3,(H,20,21)/t13-,14+,17+,18-/m0/s1. The summed E-state index contributed by atoms with van der Waals surface area (Å²) in [7, 11) is 0. The highest BCUT2D eigenvalue weighted by molar-refractivity contribution is 5.90. The normalized spacial score (nSPS) is 43.3. The van der Waals surface area contributed by atoms with Gasteiger partial charge in [0.25, 0.3) is 0 Å². The summed E-state index contributed by atoms with van der Waals surface area (Å²) < 4.78 is 11.8. The third-order valence-electron chi connectivity index (χ3n) is 6.86. The van der Waals surface area contributed by atoms with Crippen molar-refractivity contribution in [2.45, 2.75) is 76.0 Å². The van der Waals surface area contributed by atoms with Gasteiger partial charge in [0.05, 0.1) is 18.2 Å². The number of hydrogen-bond acceptors (Lipinski definition) is 4. The zero-order valence-electron chi connectivity index (χ0n) is 13.9. The van der Waals surface area contributed by atoms with Crippen molar-refractivity contribution < 1.29 is 14.3 Å². The number of nitrogens with zero attached hydrogens (tertiary/aromatic N) is 1. The first-order valence-corrected chi connectivity index (χ1v) is 9.10. The van der Waals surface area contributed by atoms with Crippen LogP contribution in [0.2, 0.25) is 0 Å². The van der Waals surface area contributed by atoms with Gasteiger partial charge in [0.15, 0.2) is 0 Å². The van der Waals surface area contributed by atoms with E-state index in [1.807, 2.05) is 6.92 Å². The second-order valence-corrected chi connectivity index (χ2v) is 7.79. The Morgan fingerprint density at radius 1 is 1.35 bits per heavy atom. The second-order valence-electron chi connectivity index (χ2n) is 7.79. The lowest BCUT2D eigenvalue weighted by molar-refractivity contribution is -0.199. The van der Waals surface area contributed by atoms with Crippen LogP contribution in [0.4, 0.5) is 0 Å². The van der Waals surface area contributed by atoms with Crippen molar-refractivity contribution in [1.82, 2.24) is 5.32 Å². The van der Waals surface area contributed by atoms with Gasteiger partial charge in [-0.15, -0.1) is 0 Å². The molecule has 0 radical (unpaired) electrons. The van der Waals surface area contributed by atoms with Gasteiger partial charge in [-0.3, -0.25) is 4.79 Å². The van der Waals surface area contributed by atoms with Gasteiger partial charge in [0.1, 0.15) is 11.0 Å². The molecule has 0 unspecified atom stereocenters. The summed E-state index contributed by atoms with van der Waals surface area (Å²) in [5.41, 5.74) is -1.15. The maximum absolute atomic E-state index is 12.9. The number of carbonyl (C=O) groups is 1. The van der Waals surface area contributed by atoms with E-state index in [1.54, 1.807) is 0 Å². The number of ether oxygens (including phenoxy) is 2. The molecule has 3 aliphatic carbocycles. The lowest BCUT2D eigenvalue weighted by atomic mass is 9.69. The molecule has 4 fully saturated rings. The maximum Gasteiger partial charge on any atom is 0.241 e. The van der Waals surface area contributed by atoms with Crippen LogP contribution in [-0.4, -0.2) is 36.9 Å². The van der Waals surface area contributed by atoms with Crippen LogP contribution in [0.3, 0.4) is 0 Å². The quantitative estimate of drug-likeness (QED) is 0.863. The highest BCUT2D eigenvalue weighted by Crippen LogP contribution is 2.71. The molecule has 4 atom stereocenters. The largest absolute Gasteiger partial charge is 0.375 e. The second kappa shape index (κ2) is 5.19. The Balaban J connectivity index is 1.46. The number of rotatable bonds is 4. The third kappa shape index (κ3) is 1.94. The van der Waals surface area contributed by atoms with E-state index in [1.165, 1.54) is 0 Å². The molecule has 2 spiro atoms. The minimum absolute atomic E-state index is 0.00155. The van der Waals surface area contributed by atoms with Crippen molar-refractivity contribution in [3.05, 3.63) is 0 Å². The smallest absolute Gasteiger partial charge is 0.241 e. The molecule has 1 aliphatic heterocycles. The Labute approximate surface area is 137 Å². The zero-order valence-corrected chi connectivity index (χ0v) is 13.9. The van der Waals surface area contributed by atoms with Crippen LogP contribution in [0.5, 0.6) is 0 Å². The van der Waals surface area contributed by atoms with Crippen LogP contribution in [0.15, 0.2) is 0 Å². The maximum atomic E-state index is 12.9.